The number of methoxy groups -OCH3 is 1. The zero-order valence-electron chi connectivity index (χ0n) is 17.3. The van der Waals surface area contributed by atoms with Gasteiger partial charge in [0.2, 0.25) is 0 Å². The van der Waals surface area contributed by atoms with Gasteiger partial charge in [-0.1, -0.05) is 6.07 Å². The quantitative estimate of drug-likeness (QED) is 0.492. The number of benzene rings is 1. The summed E-state index contributed by atoms with van der Waals surface area (Å²) in [6.07, 6.45) is 3.96. The fourth-order valence-corrected chi connectivity index (χ4v) is 3.45. The van der Waals surface area contributed by atoms with Crippen molar-refractivity contribution in [2.45, 2.75) is 38.9 Å². The fraction of sp³-hybridized carbons (Fsp3) is 0.455. The third-order valence-electron chi connectivity index (χ3n) is 5.08. The van der Waals surface area contributed by atoms with Gasteiger partial charge in [-0.2, -0.15) is 0 Å². The molecule has 1 fully saturated rings. The van der Waals surface area contributed by atoms with Crippen LogP contribution >= 0.6 is 0 Å². The molecular formula is C22H31N5O2. The van der Waals surface area contributed by atoms with E-state index < -0.39 is 0 Å². The van der Waals surface area contributed by atoms with Crippen LogP contribution in [0.4, 0.5) is 0 Å². The van der Waals surface area contributed by atoms with E-state index in [0.29, 0.717) is 18.3 Å². The van der Waals surface area contributed by atoms with Gasteiger partial charge in [0, 0.05) is 44.0 Å². The van der Waals surface area contributed by atoms with Gasteiger partial charge in [0.15, 0.2) is 5.96 Å². The van der Waals surface area contributed by atoms with Crippen molar-refractivity contribution in [2.75, 3.05) is 26.7 Å². The first-order chi connectivity index (χ1) is 14.2. The van der Waals surface area contributed by atoms with Crippen LogP contribution in [-0.4, -0.2) is 53.7 Å². The Morgan fingerprint density at radius 1 is 1.28 bits per heavy atom. The van der Waals surface area contributed by atoms with Crippen LogP contribution in [0.5, 0.6) is 11.5 Å². The number of piperidine rings is 1. The summed E-state index contributed by atoms with van der Waals surface area (Å²) in [5, 5.41) is 16.9. The summed E-state index contributed by atoms with van der Waals surface area (Å²) in [5.41, 5.74) is 1.86. The number of guanidine groups is 1. The van der Waals surface area contributed by atoms with Crippen LogP contribution in [0.25, 0.3) is 0 Å². The number of hydrogen-bond acceptors (Lipinski definition) is 5. The molecule has 0 radical (unpaired) electrons. The number of ether oxygens (including phenoxy) is 1. The van der Waals surface area contributed by atoms with Gasteiger partial charge in [-0.3, -0.25) is 9.88 Å². The van der Waals surface area contributed by atoms with Gasteiger partial charge in [0.05, 0.1) is 19.3 Å². The number of aromatic hydroxyl groups is 1. The van der Waals surface area contributed by atoms with Crippen molar-refractivity contribution in [3.63, 3.8) is 0 Å². The van der Waals surface area contributed by atoms with Gasteiger partial charge in [-0.25, -0.2) is 4.99 Å². The lowest BCUT2D eigenvalue weighted by atomic mass is 10.0. The molecule has 1 saturated heterocycles. The van der Waals surface area contributed by atoms with Crippen molar-refractivity contribution >= 4 is 5.96 Å². The van der Waals surface area contributed by atoms with Crippen LogP contribution in [-0.2, 0) is 13.1 Å². The number of phenolic OH excluding ortho intramolecular Hbond substituents is 1. The molecule has 0 atom stereocenters. The van der Waals surface area contributed by atoms with E-state index in [-0.39, 0.29) is 5.75 Å². The summed E-state index contributed by atoms with van der Waals surface area (Å²) in [5.74, 6) is 1.72. The molecule has 0 saturated carbocycles. The minimum absolute atomic E-state index is 0.230. The lowest BCUT2D eigenvalue weighted by Gasteiger charge is -2.32. The van der Waals surface area contributed by atoms with Crippen LogP contribution < -0.4 is 15.4 Å². The average Bonchev–Trinajstić information content (AvgIpc) is 2.75. The van der Waals surface area contributed by atoms with Crippen LogP contribution in [0.2, 0.25) is 0 Å². The van der Waals surface area contributed by atoms with Crippen molar-refractivity contribution in [2.24, 2.45) is 4.99 Å². The van der Waals surface area contributed by atoms with E-state index in [9.17, 15) is 5.11 Å². The molecule has 0 aliphatic carbocycles. The number of aromatic nitrogens is 1. The van der Waals surface area contributed by atoms with E-state index in [2.05, 4.69) is 38.5 Å². The van der Waals surface area contributed by atoms with Gasteiger partial charge in [-0.15, -0.1) is 0 Å². The Hall–Kier alpha value is -2.80. The normalized spacial score (nSPS) is 15.9. The predicted octanol–water partition coefficient (Wildman–Crippen LogP) is 2.52. The molecule has 29 heavy (non-hydrogen) atoms. The molecule has 2 aromatic rings. The Bertz CT molecular complexity index is 789. The third-order valence-corrected chi connectivity index (χ3v) is 5.08. The molecular weight excluding hydrogens is 366 g/mol. The molecule has 1 aromatic carbocycles. The van der Waals surface area contributed by atoms with E-state index in [4.69, 9.17) is 4.74 Å². The Morgan fingerprint density at radius 2 is 2.10 bits per heavy atom. The van der Waals surface area contributed by atoms with Crippen molar-refractivity contribution in [3.05, 3.63) is 53.9 Å². The second-order valence-corrected chi connectivity index (χ2v) is 7.21. The van der Waals surface area contributed by atoms with E-state index >= 15 is 0 Å². The number of aliphatic imine (C=N–C) groups is 1. The highest BCUT2D eigenvalue weighted by molar-refractivity contribution is 5.80. The average molecular weight is 398 g/mol. The molecule has 0 amide bonds. The highest BCUT2D eigenvalue weighted by Gasteiger charge is 2.20. The van der Waals surface area contributed by atoms with Crippen LogP contribution in [0.15, 0.2) is 47.6 Å². The first-order valence-corrected chi connectivity index (χ1v) is 10.2. The Labute approximate surface area is 172 Å². The largest absolute Gasteiger partial charge is 0.508 e. The Morgan fingerprint density at radius 3 is 2.79 bits per heavy atom. The lowest BCUT2D eigenvalue weighted by molar-refractivity contribution is 0.196. The summed E-state index contributed by atoms with van der Waals surface area (Å²) in [6, 6.07) is 11.6. The van der Waals surface area contributed by atoms with E-state index in [1.54, 1.807) is 19.2 Å². The summed E-state index contributed by atoms with van der Waals surface area (Å²) < 4.78 is 5.24. The Balaban J connectivity index is 1.53. The molecule has 7 heteroatoms. The van der Waals surface area contributed by atoms with Gasteiger partial charge >= 0.3 is 0 Å². The van der Waals surface area contributed by atoms with E-state index in [1.807, 2.05) is 24.4 Å². The maximum absolute atomic E-state index is 10.1. The van der Waals surface area contributed by atoms with Crippen molar-refractivity contribution in [1.82, 2.24) is 20.5 Å². The summed E-state index contributed by atoms with van der Waals surface area (Å²) in [6.45, 7) is 6.19. The van der Waals surface area contributed by atoms with Crippen LogP contribution in [0.1, 0.15) is 31.0 Å². The van der Waals surface area contributed by atoms with Gasteiger partial charge in [0.1, 0.15) is 11.5 Å². The van der Waals surface area contributed by atoms with Gasteiger partial charge in [-0.05, 0) is 50.1 Å². The molecule has 3 N–H and O–H groups in total. The number of nitrogens with one attached hydrogen (secondary N) is 2. The Kier molecular flexibility index (Phi) is 7.69. The summed E-state index contributed by atoms with van der Waals surface area (Å²) in [4.78, 5) is 11.5. The zero-order chi connectivity index (χ0) is 20.5. The molecule has 7 nitrogen and oxygen atoms in total. The third kappa shape index (κ3) is 6.35. The first kappa shape index (κ1) is 20.9. The van der Waals surface area contributed by atoms with Crippen molar-refractivity contribution < 1.29 is 9.84 Å². The number of pyridine rings is 1. The monoisotopic (exact) mass is 397 g/mol. The molecule has 2 heterocycles. The second kappa shape index (κ2) is 10.7. The molecule has 156 valence electrons. The minimum Gasteiger partial charge on any atom is -0.508 e. The standard InChI is InChI=1S/C22H31N5O2/c1-3-23-22(25-15-17-14-20(29-2)7-8-21(17)28)26-18-9-12-27(13-10-18)16-19-6-4-5-11-24-19/h4-8,11,14,18,28H,3,9-10,12-13,15-16H2,1-2H3,(H2,23,25,26). The second-order valence-electron chi connectivity index (χ2n) is 7.21. The van der Waals surface area contributed by atoms with Crippen molar-refractivity contribution in [1.29, 1.82) is 0 Å². The maximum Gasteiger partial charge on any atom is 0.191 e. The molecule has 1 aromatic heterocycles. The molecule has 0 unspecified atom stereocenters. The number of nitrogens with zero attached hydrogens (tertiary/aromatic N) is 3. The maximum atomic E-state index is 10.1. The lowest BCUT2D eigenvalue weighted by Crippen LogP contribution is -2.48. The molecule has 1 aliphatic heterocycles. The molecule has 1 aliphatic rings. The fourth-order valence-electron chi connectivity index (χ4n) is 3.45. The predicted molar refractivity (Wildman–Crippen MR) is 115 cm³/mol. The van der Waals surface area contributed by atoms with Crippen molar-refractivity contribution in [3.8, 4) is 11.5 Å². The zero-order valence-corrected chi connectivity index (χ0v) is 17.3. The highest BCUT2D eigenvalue weighted by Crippen LogP contribution is 2.23. The highest BCUT2D eigenvalue weighted by atomic mass is 16.5. The number of phenols is 1. The van der Waals surface area contributed by atoms with E-state index in [0.717, 1.165) is 56.2 Å². The topological polar surface area (TPSA) is 82.0 Å². The smallest absolute Gasteiger partial charge is 0.191 e. The molecule has 0 bridgehead atoms. The van der Waals surface area contributed by atoms with E-state index in [1.165, 1.54) is 0 Å². The summed E-state index contributed by atoms with van der Waals surface area (Å²) >= 11 is 0. The molecule has 3 rings (SSSR count). The summed E-state index contributed by atoms with van der Waals surface area (Å²) in [7, 11) is 1.62. The van der Waals surface area contributed by atoms with Gasteiger partial charge < -0.3 is 20.5 Å². The minimum atomic E-state index is 0.230. The number of rotatable bonds is 7. The number of likely N-dealkylation sites (tertiary alicyclic amines) is 1. The first-order valence-electron chi connectivity index (χ1n) is 10.2. The van der Waals surface area contributed by atoms with Crippen LogP contribution in [0, 0.1) is 0 Å². The SMILES string of the molecule is CCNC(=NCc1cc(OC)ccc1O)NC1CCN(Cc2ccccn2)CC1. The number of hydrogen-bond donors (Lipinski definition) is 3. The van der Waals surface area contributed by atoms with Crippen LogP contribution in [0.3, 0.4) is 0 Å². The molecule has 0 spiro atoms. The van der Waals surface area contributed by atoms with Gasteiger partial charge in [0.25, 0.3) is 0 Å².